The highest BCUT2D eigenvalue weighted by atomic mass is 35.5. The quantitative estimate of drug-likeness (QED) is 0.203. The third kappa shape index (κ3) is 7.40. The molecule has 1 saturated carbocycles. The first-order valence-corrected chi connectivity index (χ1v) is 11.7. The van der Waals surface area contributed by atoms with Crippen molar-refractivity contribution in [1.82, 2.24) is 0 Å². The molecule has 1 aliphatic carbocycles. The van der Waals surface area contributed by atoms with E-state index >= 15 is 0 Å². The van der Waals surface area contributed by atoms with Gasteiger partial charge >= 0.3 is 5.97 Å². The van der Waals surface area contributed by atoms with Gasteiger partial charge in [-0.2, -0.15) is 0 Å². The second-order valence-corrected chi connectivity index (χ2v) is 9.18. The summed E-state index contributed by atoms with van der Waals surface area (Å²) in [6, 6.07) is 7.97. The van der Waals surface area contributed by atoms with E-state index in [4.69, 9.17) is 16.3 Å². The lowest BCUT2D eigenvalue weighted by Crippen LogP contribution is -2.18. The minimum atomic E-state index is -0.455. The normalized spacial score (nSPS) is 25.2. The molecule has 0 heterocycles. The Labute approximate surface area is 186 Å². The van der Waals surface area contributed by atoms with E-state index in [1.807, 2.05) is 38.1 Å². The molecule has 0 spiro atoms. The SMILES string of the molecule is CCCC(O)c1ccc([C@@H]2[C@@H](CC=CCCCC(=O)OC(C)C)[C@H](Cl)C[C@H]2O)cc1. The Bertz CT molecular complexity index is 670. The highest BCUT2D eigenvalue weighted by Crippen LogP contribution is 2.45. The third-order valence-corrected chi connectivity index (χ3v) is 6.27. The Kier molecular flexibility index (Phi) is 10.4. The number of benzene rings is 1. The van der Waals surface area contributed by atoms with Gasteiger partial charge < -0.3 is 14.9 Å². The number of ether oxygens (including phenoxy) is 1. The molecule has 1 fully saturated rings. The molecular formula is C25H37ClO4. The Morgan fingerprint density at radius 1 is 1.27 bits per heavy atom. The van der Waals surface area contributed by atoms with Gasteiger partial charge in [0.15, 0.2) is 0 Å². The minimum absolute atomic E-state index is 0.00413. The average molecular weight is 437 g/mol. The van der Waals surface area contributed by atoms with Gasteiger partial charge in [-0.25, -0.2) is 0 Å². The van der Waals surface area contributed by atoms with Crippen LogP contribution in [0.1, 0.15) is 88.9 Å². The Morgan fingerprint density at radius 3 is 2.60 bits per heavy atom. The summed E-state index contributed by atoms with van der Waals surface area (Å²) in [5.41, 5.74) is 2.00. The van der Waals surface area contributed by atoms with Crippen LogP contribution in [0.5, 0.6) is 0 Å². The highest BCUT2D eigenvalue weighted by molar-refractivity contribution is 6.21. The number of allylic oxidation sites excluding steroid dienone is 2. The van der Waals surface area contributed by atoms with Crippen LogP contribution in [0, 0.1) is 5.92 Å². The topological polar surface area (TPSA) is 66.8 Å². The van der Waals surface area contributed by atoms with Crippen LogP contribution >= 0.6 is 11.6 Å². The number of esters is 1. The number of aliphatic hydroxyl groups is 2. The molecule has 0 aliphatic heterocycles. The Balaban J connectivity index is 1.90. The fourth-order valence-electron chi connectivity index (χ4n) is 4.26. The van der Waals surface area contributed by atoms with Gasteiger partial charge in [0, 0.05) is 17.7 Å². The van der Waals surface area contributed by atoms with E-state index in [2.05, 4.69) is 19.1 Å². The van der Waals surface area contributed by atoms with E-state index in [9.17, 15) is 15.0 Å². The smallest absolute Gasteiger partial charge is 0.306 e. The zero-order valence-electron chi connectivity index (χ0n) is 18.5. The maximum atomic E-state index is 11.6. The molecular weight excluding hydrogens is 400 g/mol. The second-order valence-electron chi connectivity index (χ2n) is 8.62. The molecule has 0 bridgehead atoms. The van der Waals surface area contributed by atoms with E-state index in [0.717, 1.165) is 43.2 Å². The minimum Gasteiger partial charge on any atom is -0.463 e. The average Bonchev–Trinajstić information content (AvgIpc) is 2.97. The maximum absolute atomic E-state index is 11.6. The highest BCUT2D eigenvalue weighted by Gasteiger charge is 2.41. The first-order chi connectivity index (χ1) is 14.3. The number of carbonyl (C=O) groups excluding carboxylic acids is 1. The summed E-state index contributed by atoms with van der Waals surface area (Å²) >= 11 is 6.58. The fraction of sp³-hybridized carbons (Fsp3) is 0.640. The van der Waals surface area contributed by atoms with Crippen LogP contribution < -0.4 is 0 Å². The summed E-state index contributed by atoms with van der Waals surface area (Å²) in [4.78, 5) is 11.6. The van der Waals surface area contributed by atoms with Crippen molar-refractivity contribution < 1.29 is 19.7 Å². The van der Waals surface area contributed by atoms with Gasteiger partial charge in [-0.15, -0.1) is 11.6 Å². The largest absolute Gasteiger partial charge is 0.463 e. The van der Waals surface area contributed by atoms with Crippen LogP contribution in [0.4, 0.5) is 0 Å². The summed E-state index contributed by atoms with van der Waals surface area (Å²) in [6.45, 7) is 5.77. The van der Waals surface area contributed by atoms with Crippen molar-refractivity contribution in [3.8, 4) is 0 Å². The number of hydrogen-bond donors (Lipinski definition) is 2. The molecule has 2 rings (SSSR count). The number of rotatable bonds is 11. The van der Waals surface area contributed by atoms with Gasteiger partial charge in [-0.3, -0.25) is 4.79 Å². The molecule has 4 nitrogen and oxygen atoms in total. The summed E-state index contributed by atoms with van der Waals surface area (Å²) in [5.74, 6) is 0.0106. The second kappa shape index (κ2) is 12.5. The van der Waals surface area contributed by atoms with E-state index < -0.39 is 12.2 Å². The lowest BCUT2D eigenvalue weighted by molar-refractivity contribution is -0.147. The molecule has 0 radical (unpaired) electrons. The van der Waals surface area contributed by atoms with Gasteiger partial charge in [0.05, 0.1) is 18.3 Å². The first kappa shape index (κ1) is 24.9. The number of alkyl halides is 1. The monoisotopic (exact) mass is 436 g/mol. The Hall–Kier alpha value is -1.36. The van der Waals surface area contributed by atoms with Crippen LogP contribution in [0.25, 0.3) is 0 Å². The number of halogens is 1. The standard InChI is InChI=1S/C25H37ClO4/c1-4-9-22(27)18-12-14-19(15-13-18)25-20(21(26)16-23(25)28)10-7-5-6-8-11-24(29)30-17(2)3/h5,7,12-15,17,20-23,25,27-28H,4,6,8-11,16H2,1-3H3/t20-,21+,22?,23+,25+/m0/s1. The summed E-state index contributed by atoms with van der Waals surface area (Å²) in [7, 11) is 0. The molecule has 2 N–H and O–H groups in total. The van der Waals surface area contributed by atoms with Crippen molar-refractivity contribution in [2.45, 2.75) is 95.3 Å². The molecule has 5 atom stereocenters. The maximum Gasteiger partial charge on any atom is 0.306 e. The predicted octanol–water partition coefficient (Wildman–Crippen LogP) is 5.66. The Morgan fingerprint density at radius 2 is 1.97 bits per heavy atom. The van der Waals surface area contributed by atoms with Crippen LogP contribution in [-0.4, -0.2) is 33.8 Å². The van der Waals surface area contributed by atoms with Crippen molar-refractivity contribution in [1.29, 1.82) is 0 Å². The number of unbranched alkanes of at least 4 members (excludes halogenated alkanes) is 1. The summed E-state index contributed by atoms with van der Waals surface area (Å²) in [5, 5.41) is 20.7. The molecule has 1 aromatic rings. The number of aliphatic hydroxyl groups excluding tert-OH is 2. The molecule has 0 amide bonds. The van der Waals surface area contributed by atoms with Gasteiger partial charge in [-0.05, 0) is 63.0 Å². The van der Waals surface area contributed by atoms with Crippen LogP contribution in [0.2, 0.25) is 0 Å². The zero-order chi connectivity index (χ0) is 22.1. The molecule has 0 saturated heterocycles. The van der Waals surface area contributed by atoms with E-state index in [-0.39, 0.29) is 29.3 Å². The first-order valence-electron chi connectivity index (χ1n) is 11.3. The van der Waals surface area contributed by atoms with Gasteiger partial charge in [0.1, 0.15) is 0 Å². The van der Waals surface area contributed by atoms with Crippen LogP contribution in [0.15, 0.2) is 36.4 Å². The fourth-order valence-corrected chi connectivity index (χ4v) is 4.71. The van der Waals surface area contributed by atoms with Gasteiger partial charge in [0.25, 0.3) is 0 Å². The molecule has 1 aliphatic rings. The van der Waals surface area contributed by atoms with E-state index in [1.54, 1.807) is 0 Å². The lowest BCUT2D eigenvalue weighted by atomic mass is 9.84. The third-order valence-electron chi connectivity index (χ3n) is 5.77. The van der Waals surface area contributed by atoms with Crippen molar-refractivity contribution in [3.63, 3.8) is 0 Å². The summed E-state index contributed by atoms with van der Waals surface area (Å²) < 4.78 is 5.14. The van der Waals surface area contributed by atoms with Gasteiger partial charge in [-0.1, -0.05) is 49.8 Å². The lowest BCUT2D eigenvalue weighted by Gasteiger charge is -2.23. The molecule has 168 valence electrons. The van der Waals surface area contributed by atoms with Gasteiger partial charge in [0.2, 0.25) is 0 Å². The molecule has 1 aromatic carbocycles. The van der Waals surface area contributed by atoms with Crippen LogP contribution in [-0.2, 0) is 9.53 Å². The van der Waals surface area contributed by atoms with Crippen molar-refractivity contribution in [3.05, 3.63) is 47.5 Å². The number of carbonyl (C=O) groups is 1. The van der Waals surface area contributed by atoms with Crippen LogP contribution in [0.3, 0.4) is 0 Å². The van der Waals surface area contributed by atoms with Crippen molar-refractivity contribution >= 4 is 17.6 Å². The molecule has 0 aromatic heterocycles. The summed E-state index contributed by atoms with van der Waals surface area (Å²) in [6.07, 6.45) is 8.36. The van der Waals surface area contributed by atoms with E-state index in [0.29, 0.717) is 12.8 Å². The molecule has 5 heteroatoms. The predicted molar refractivity (Wildman–Crippen MR) is 122 cm³/mol. The van der Waals surface area contributed by atoms with Crippen molar-refractivity contribution in [2.75, 3.05) is 0 Å². The molecule has 30 heavy (non-hydrogen) atoms. The zero-order valence-corrected chi connectivity index (χ0v) is 19.2. The van der Waals surface area contributed by atoms with Crippen molar-refractivity contribution in [2.24, 2.45) is 5.92 Å². The molecule has 1 unspecified atom stereocenters. The number of hydrogen-bond acceptors (Lipinski definition) is 4. The van der Waals surface area contributed by atoms with E-state index in [1.165, 1.54) is 0 Å².